The normalized spacial score (nSPS) is 11.3. The van der Waals surface area contributed by atoms with Crippen molar-refractivity contribution in [2.75, 3.05) is 7.11 Å². The molecular formula is C19H22N2O4. The Kier molecular flexibility index (Phi) is 6.39. The van der Waals surface area contributed by atoms with Crippen molar-refractivity contribution in [3.63, 3.8) is 0 Å². The third-order valence-corrected chi connectivity index (χ3v) is 3.67. The molecule has 2 amide bonds. The van der Waals surface area contributed by atoms with Gasteiger partial charge in [0.1, 0.15) is 11.5 Å². The van der Waals surface area contributed by atoms with Crippen molar-refractivity contribution in [2.45, 2.75) is 26.4 Å². The molecule has 0 saturated heterocycles. The first kappa shape index (κ1) is 18.3. The summed E-state index contributed by atoms with van der Waals surface area (Å²) in [6.45, 7) is 3.68. The number of carbonyl (C=O) groups excluding carboxylic acids is 2. The number of amides is 2. The van der Waals surface area contributed by atoms with E-state index in [1.165, 1.54) is 5.56 Å². The summed E-state index contributed by atoms with van der Waals surface area (Å²) in [5.74, 6) is 0.384. The van der Waals surface area contributed by atoms with Crippen LogP contribution in [0.15, 0.2) is 48.5 Å². The van der Waals surface area contributed by atoms with Crippen LogP contribution in [0.25, 0.3) is 0 Å². The fourth-order valence-electron chi connectivity index (χ4n) is 2.10. The SMILES string of the molecule is CCc1ccc(OC(C)C(=O)NNC(=O)c2ccc(OC)cc2)cc1. The lowest BCUT2D eigenvalue weighted by Crippen LogP contribution is -2.47. The third-order valence-electron chi connectivity index (χ3n) is 3.67. The van der Waals surface area contributed by atoms with E-state index in [0.717, 1.165) is 6.42 Å². The number of ether oxygens (including phenoxy) is 2. The molecule has 6 heteroatoms. The van der Waals surface area contributed by atoms with Crippen LogP contribution in [0, 0.1) is 0 Å². The first-order valence-corrected chi connectivity index (χ1v) is 8.03. The molecule has 0 aromatic heterocycles. The summed E-state index contributed by atoms with van der Waals surface area (Å²) in [5, 5.41) is 0. The van der Waals surface area contributed by atoms with Gasteiger partial charge in [0.2, 0.25) is 0 Å². The second kappa shape index (κ2) is 8.73. The van der Waals surface area contributed by atoms with E-state index >= 15 is 0 Å². The van der Waals surface area contributed by atoms with Crippen molar-refractivity contribution in [1.29, 1.82) is 0 Å². The predicted molar refractivity (Wildman–Crippen MR) is 94.5 cm³/mol. The Morgan fingerprint density at radius 2 is 1.56 bits per heavy atom. The van der Waals surface area contributed by atoms with Gasteiger partial charge in [-0.3, -0.25) is 20.4 Å². The van der Waals surface area contributed by atoms with Gasteiger partial charge in [0.25, 0.3) is 11.8 Å². The van der Waals surface area contributed by atoms with Crippen molar-refractivity contribution in [3.8, 4) is 11.5 Å². The zero-order chi connectivity index (χ0) is 18.2. The Morgan fingerprint density at radius 3 is 2.12 bits per heavy atom. The number of carbonyl (C=O) groups is 2. The van der Waals surface area contributed by atoms with E-state index < -0.39 is 17.9 Å². The fraction of sp³-hybridized carbons (Fsp3) is 0.263. The number of aryl methyl sites for hydroxylation is 1. The number of rotatable bonds is 6. The highest BCUT2D eigenvalue weighted by Crippen LogP contribution is 2.14. The van der Waals surface area contributed by atoms with E-state index in [4.69, 9.17) is 9.47 Å². The largest absolute Gasteiger partial charge is 0.497 e. The molecule has 2 aromatic rings. The first-order valence-electron chi connectivity index (χ1n) is 8.03. The minimum atomic E-state index is -0.747. The van der Waals surface area contributed by atoms with Crippen LogP contribution in [0.3, 0.4) is 0 Å². The van der Waals surface area contributed by atoms with Crippen LogP contribution in [0.1, 0.15) is 29.8 Å². The lowest BCUT2D eigenvalue weighted by Gasteiger charge is -2.15. The van der Waals surface area contributed by atoms with Crippen LogP contribution in [-0.4, -0.2) is 25.0 Å². The maximum absolute atomic E-state index is 12.0. The Balaban J connectivity index is 1.84. The standard InChI is InChI=1S/C19H22N2O4/c1-4-14-5-9-17(10-6-14)25-13(2)18(22)20-21-19(23)15-7-11-16(24-3)12-8-15/h5-13H,4H2,1-3H3,(H,20,22)(H,21,23). The van der Waals surface area contributed by atoms with Crippen molar-refractivity contribution in [1.82, 2.24) is 10.9 Å². The van der Waals surface area contributed by atoms with E-state index in [9.17, 15) is 9.59 Å². The summed E-state index contributed by atoms with van der Waals surface area (Å²) >= 11 is 0. The summed E-state index contributed by atoms with van der Waals surface area (Å²) in [5.41, 5.74) is 6.32. The second-order valence-electron chi connectivity index (χ2n) is 5.43. The van der Waals surface area contributed by atoms with Crippen LogP contribution in [-0.2, 0) is 11.2 Å². The molecule has 0 aliphatic rings. The lowest BCUT2D eigenvalue weighted by molar-refractivity contribution is -0.128. The summed E-state index contributed by atoms with van der Waals surface area (Å²) in [7, 11) is 1.55. The molecule has 0 aliphatic carbocycles. The van der Waals surface area contributed by atoms with Gasteiger partial charge in [0.05, 0.1) is 7.11 Å². The second-order valence-corrected chi connectivity index (χ2v) is 5.43. The third kappa shape index (κ3) is 5.24. The van der Waals surface area contributed by atoms with Gasteiger partial charge in [-0.2, -0.15) is 0 Å². The molecule has 0 saturated carbocycles. The van der Waals surface area contributed by atoms with E-state index in [2.05, 4.69) is 17.8 Å². The van der Waals surface area contributed by atoms with Gasteiger partial charge >= 0.3 is 0 Å². The summed E-state index contributed by atoms with van der Waals surface area (Å²) < 4.78 is 10.6. The zero-order valence-electron chi connectivity index (χ0n) is 14.5. The highest BCUT2D eigenvalue weighted by Gasteiger charge is 2.16. The van der Waals surface area contributed by atoms with E-state index in [-0.39, 0.29) is 0 Å². The number of hydrogen-bond acceptors (Lipinski definition) is 4. The van der Waals surface area contributed by atoms with Gasteiger partial charge in [-0.1, -0.05) is 19.1 Å². The number of benzene rings is 2. The van der Waals surface area contributed by atoms with Gasteiger partial charge in [-0.25, -0.2) is 0 Å². The minimum Gasteiger partial charge on any atom is -0.497 e. The molecule has 6 nitrogen and oxygen atoms in total. The van der Waals surface area contributed by atoms with Gasteiger partial charge in [0.15, 0.2) is 6.10 Å². The van der Waals surface area contributed by atoms with Crippen molar-refractivity contribution in [2.24, 2.45) is 0 Å². The summed E-state index contributed by atoms with van der Waals surface area (Å²) in [6.07, 6.45) is 0.192. The number of hydrazine groups is 1. The van der Waals surface area contributed by atoms with Crippen LogP contribution in [0.4, 0.5) is 0 Å². The molecule has 0 aliphatic heterocycles. The molecule has 132 valence electrons. The van der Waals surface area contributed by atoms with Crippen molar-refractivity contribution >= 4 is 11.8 Å². The molecule has 1 atom stereocenters. The molecule has 2 rings (SSSR count). The fourth-order valence-corrected chi connectivity index (χ4v) is 2.10. The Bertz CT molecular complexity index is 711. The lowest BCUT2D eigenvalue weighted by atomic mass is 10.2. The number of hydrogen-bond donors (Lipinski definition) is 2. The molecular weight excluding hydrogens is 320 g/mol. The van der Waals surface area contributed by atoms with E-state index in [1.807, 2.05) is 24.3 Å². The first-order chi connectivity index (χ1) is 12.0. The van der Waals surface area contributed by atoms with Gasteiger partial charge in [-0.15, -0.1) is 0 Å². The highest BCUT2D eigenvalue weighted by atomic mass is 16.5. The molecule has 0 spiro atoms. The minimum absolute atomic E-state index is 0.407. The zero-order valence-corrected chi connectivity index (χ0v) is 14.5. The number of nitrogens with one attached hydrogen (secondary N) is 2. The van der Waals surface area contributed by atoms with Crippen molar-refractivity contribution in [3.05, 3.63) is 59.7 Å². The predicted octanol–water partition coefficient (Wildman–Crippen LogP) is 2.49. The molecule has 0 radical (unpaired) electrons. The molecule has 0 fully saturated rings. The van der Waals surface area contributed by atoms with Crippen LogP contribution in [0.2, 0.25) is 0 Å². The van der Waals surface area contributed by atoms with Crippen LogP contribution in [0.5, 0.6) is 11.5 Å². The Morgan fingerprint density at radius 1 is 0.960 bits per heavy atom. The van der Waals surface area contributed by atoms with Crippen molar-refractivity contribution < 1.29 is 19.1 Å². The van der Waals surface area contributed by atoms with E-state index in [0.29, 0.717) is 17.1 Å². The smallest absolute Gasteiger partial charge is 0.279 e. The summed E-state index contributed by atoms with van der Waals surface area (Å²) in [6, 6.07) is 14.1. The molecule has 25 heavy (non-hydrogen) atoms. The Labute approximate surface area is 147 Å². The molecule has 0 heterocycles. The van der Waals surface area contributed by atoms with Crippen LogP contribution >= 0.6 is 0 Å². The molecule has 0 bridgehead atoms. The van der Waals surface area contributed by atoms with E-state index in [1.54, 1.807) is 38.3 Å². The monoisotopic (exact) mass is 342 g/mol. The van der Waals surface area contributed by atoms with Gasteiger partial charge in [0, 0.05) is 5.56 Å². The molecule has 2 aromatic carbocycles. The summed E-state index contributed by atoms with van der Waals surface area (Å²) in [4.78, 5) is 24.0. The maximum atomic E-state index is 12.0. The average molecular weight is 342 g/mol. The maximum Gasteiger partial charge on any atom is 0.279 e. The molecule has 1 unspecified atom stereocenters. The van der Waals surface area contributed by atoms with Gasteiger partial charge < -0.3 is 9.47 Å². The Hall–Kier alpha value is -3.02. The quantitative estimate of drug-likeness (QED) is 0.791. The van der Waals surface area contributed by atoms with Gasteiger partial charge in [-0.05, 0) is 55.3 Å². The topological polar surface area (TPSA) is 76.7 Å². The molecule has 2 N–H and O–H groups in total. The van der Waals surface area contributed by atoms with Crippen LogP contribution < -0.4 is 20.3 Å². The average Bonchev–Trinajstić information content (AvgIpc) is 2.66. The number of methoxy groups -OCH3 is 1. The highest BCUT2D eigenvalue weighted by molar-refractivity contribution is 5.95.